The van der Waals surface area contributed by atoms with Gasteiger partial charge in [-0.25, -0.2) is 15.6 Å². The normalized spacial score (nSPS) is 23.8. The number of nitrogens with one attached hydrogen (secondary N) is 1. The summed E-state index contributed by atoms with van der Waals surface area (Å²) in [6.07, 6.45) is 2.74. The van der Waals surface area contributed by atoms with E-state index in [2.05, 4.69) is 20.5 Å². The lowest BCUT2D eigenvalue weighted by Gasteiger charge is -2.31. The van der Waals surface area contributed by atoms with Gasteiger partial charge in [-0.2, -0.15) is 0 Å². The van der Waals surface area contributed by atoms with E-state index in [0.717, 1.165) is 19.3 Å². The van der Waals surface area contributed by atoms with Crippen LogP contribution in [-0.2, 0) is 21.4 Å². The molecule has 2 aromatic carbocycles. The summed E-state index contributed by atoms with van der Waals surface area (Å²) in [6.45, 7) is 4.59. The molecule has 6 rings (SSSR count). The molecule has 3 amide bonds. The maximum Gasteiger partial charge on any atom is 0.302 e. The summed E-state index contributed by atoms with van der Waals surface area (Å²) in [5, 5.41) is 10.8. The highest BCUT2D eigenvalue weighted by Gasteiger charge is 2.59. The Bertz CT molecular complexity index is 1630. The van der Waals surface area contributed by atoms with Crippen LogP contribution in [-0.4, -0.2) is 68.2 Å². The number of aromatic nitrogens is 3. The van der Waals surface area contributed by atoms with Gasteiger partial charge in [0.2, 0.25) is 5.91 Å². The van der Waals surface area contributed by atoms with Gasteiger partial charge in [-0.3, -0.25) is 24.1 Å². The van der Waals surface area contributed by atoms with Crippen molar-refractivity contribution >= 4 is 23.4 Å². The van der Waals surface area contributed by atoms with E-state index in [4.69, 9.17) is 10.7 Å². The summed E-state index contributed by atoms with van der Waals surface area (Å²) in [7, 11) is 0. The topological polar surface area (TPSA) is 105 Å². The van der Waals surface area contributed by atoms with E-state index in [-0.39, 0.29) is 37.0 Å². The highest BCUT2D eigenvalue weighted by Crippen LogP contribution is 2.47. The smallest absolute Gasteiger partial charge is 0.302 e. The lowest BCUT2D eigenvalue weighted by atomic mass is 9.80. The Morgan fingerprint density at radius 2 is 2.05 bits per heavy atom. The lowest BCUT2D eigenvalue weighted by Crippen LogP contribution is -2.52. The number of carbonyl (C=O) groups excluding carboxylic acids is 3. The fourth-order valence-electron chi connectivity index (χ4n) is 5.75. The predicted molar refractivity (Wildman–Crippen MR) is 142 cm³/mol. The van der Waals surface area contributed by atoms with Crippen LogP contribution in [0, 0.1) is 12.4 Å². The number of anilines is 1. The molecule has 1 saturated heterocycles. The van der Waals surface area contributed by atoms with Crippen LogP contribution in [0.25, 0.3) is 4.85 Å². The molecule has 2 aliphatic heterocycles. The number of hydrogen-bond acceptors (Lipinski definition) is 5. The van der Waals surface area contributed by atoms with Crippen molar-refractivity contribution in [3.05, 3.63) is 88.8 Å². The fourth-order valence-corrected chi connectivity index (χ4v) is 5.75. The minimum Gasteiger partial charge on any atom is -0.328 e. The molecule has 3 heterocycles. The van der Waals surface area contributed by atoms with Crippen molar-refractivity contribution in [1.29, 1.82) is 0 Å². The third-order valence-corrected chi connectivity index (χ3v) is 8.22. The first-order valence-electron chi connectivity index (χ1n) is 14.6. The fraction of sp³-hybridized carbons (Fsp3) is 0.379. The zero-order valence-electron chi connectivity index (χ0n) is 24.5. The second kappa shape index (κ2) is 9.86. The van der Waals surface area contributed by atoms with Gasteiger partial charge in [0.15, 0.2) is 5.69 Å². The molecule has 0 bridgehead atoms. The SMILES string of the molecule is [2H]C([2H])([2H])N(C(=O)c1cn(C2CCC2)nn1)[C@@H](Cc1ccc(F)cc1)C(=O)N1C[C@]2(C[C@H]1[N+]#[C-])C(=O)Nc1ccccc12. The molecule has 1 aliphatic carbocycles. The van der Waals surface area contributed by atoms with Crippen molar-refractivity contribution in [2.75, 3.05) is 18.8 Å². The Hall–Kier alpha value is -4.59. The molecule has 40 heavy (non-hydrogen) atoms. The second-order valence-corrected chi connectivity index (χ2v) is 10.6. The molecular formula is C29H28FN7O3. The average Bonchev–Trinajstić information content (AvgIpc) is 3.64. The van der Waals surface area contributed by atoms with E-state index >= 15 is 0 Å². The Morgan fingerprint density at radius 3 is 2.75 bits per heavy atom. The molecule has 2 fully saturated rings. The molecule has 1 spiro atoms. The number of likely N-dealkylation sites (N-methyl/N-ethyl adjacent to an activating group) is 1. The van der Waals surface area contributed by atoms with E-state index in [1.807, 2.05) is 0 Å². The summed E-state index contributed by atoms with van der Waals surface area (Å²) in [5.74, 6) is -2.72. The van der Waals surface area contributed by atoms with Crippen molar-refractivity contribution < 1.29 is 22.9 Å². The Balaban J connectivity index is 1.39. The summed E-state index contributed by atoms with van der Waals surface area (Å²) < 4.78 is 40.2. The maximum atomic E-state index is 14.4. The van der Waals surface area contributed by atoms with Crippen molar-refractivity contribution in [2.45, 2.75) is 55.8 Å². The summed E-state index contributed by atoms with van der Waals surface area (Å²) in [4.78, 5) is 46.9. The van der Waals surface area contributed by atoms with Crippen molar-refractivity contribution in [1.82, 2.24) is 24.8 Å². The molecular weight excluding hydrogens is 513 g/mol. The molecule has 3 aliphatic rings. The van der Waals surface area contributed by atoms with Crippen LogP contribution in [0.15, 0.2) is 54.7 Å². The van der Waals surface area contributed by atoms with Crippen molar-refractivity contribution in [3.63, 3.8) is 0 Å². The number of likely N-dealkylation sites (tertiary alicyclic amines) is 1. The minimum atomic E-state index is -3.10. The molecule has 1 N–H and O–H groups in total. The number of carbonyl (C=O) groups is 3. The number of fused-ring (bicyclic) bond motifs is 2. The molecule has 10 nitrogen and oxygen atoms in total. The Labute approximate surface area is 234 Å². The zero-order chi connectivity index (χ0) is 30.5. The quantitative estimate of drug-likeness (QED) is 0.480. The van der Waals surface area contributed by atoms with Gasteiger partial charge in [0.25, 0.3) is 11.8 Å². The van der Waals surface area contributed by atoms with Gasteiger partial charge in [-0.1, -0.05) is 35.5 Å². The number of amides is 3. The third-order valence-electron chi connectivity index (χ3n) is 8.22. The maximum absolute atomic E-state index is 14.4. The van der Waals surface area contributed by atoms with Crippen molar-refractivity contribution in [2.24, 2.45) is 0 Å². The first kappa shape index (κ1) is 22.2. The van der Waals surface area contributed by atoms with Crippen LogP contribution in [0.2, 0.25) is 0 Å². The van der Waals surface area contributed by atoms with Gasteiger partial charge in [-0.15, -0.1) is 5.10 Å². The number of hydrogen-bond donors (Lipinski definition) is 1. The van der Waals surface area contributed by atoms with Crippen molar-refractivity contribution in [3.8, 4) is 0 Å². The molecule has 3 atom stereocenters. The summed E-state index contributed by atoms with van der Waals surface area (Å²) in [5.41, 5.74) is 0.195. The van der Waals surface area contributed by atoms with E-state index in [1.165, 1.54) is 40.0 Å². The Kier molecular flexibility index (Phi) is 5.49. The van der Waals surface area contributed by atoms with E-state index < -0.39 is 42.2 Å². The van der Waals surface area contributed by atoms with Gasteiger partial charge < -0.3 is 10.2 Å². The first-order valence-corrected chi connectivity index (χ1v) is 13.1. The molecule has 1 saturated carbocycles. The summed E-state index contributed by atoms with van der Waals surface area (Å²) in [6, 6.07) is 10.6. The molecule has 11 heteroatoms. The molecule has 204 valence electrons. The van der Waals surface area contributed by atoms with Crippen LogP contribution in [0.4, 0.5) is 10.1 Å². The molecule has 3 aromatic rings. The summed E-state index contributed by atoms with van der Waals surface area (Å²) >= 11 is 0. The minimum absolute atomic E-state index is 0.00574. The first-order chi connectivity index (χ1) is 20.5. The van der Waals surface area contributed by atoms with Gasteiger partial charge in [0.1, 0.15) is 17.3 Å². The lowest BCUT2D eigenvalue weighted by molar-refractivity contribution is -0.136. The predicted octanol–water partition coefficient (Wildman–Crippen LogP) is 3.19. The van der Waals surface area contributed by atoms with Crippen LogP contribution < -0.4 is 5.32 Å². The second-order valence-electron chi connectivity index (χ2n) is 10.6. The van der Waals surface area contributed by atoms with Crippen LogP contribution in [0.1, 0.15) is 57.5 Å². The largest absolute Gasteiger partial charge is 0.328 e. The standard InChI is InChI=1S/C29H28FN7O3/c1-31-25-15-29(21-8-3-4-9-22(21)32-28(29)40)17-36(25)27(39)24(14-18-10-12-19(30)13-11-18)35(2)26(38)23-16-37(34-33-23)20-6-5-7-20/h3-4,8-13,16,20,24-25H,5-7,14-15,17H2,2H3,(H,32,40)/t24-,25-,29-/m0/s1/i2D3. The van der Waals surface area contributed by atoms with Gasteiger partial charge in [-0.05, 0) is 48.6 Å². The zero-order valence-corrected chi connectivity index (χ0v) is 21.5. The third kappa shape index (κ3) is 4.20. The van der Waals surface area contributed by atoms with Crippen LogP contribution in [0.5, 0.6) is 0 Å². The molecule has 0 radical (unpaired) electrons. The number of halogens is 1. The van der Waals surface area contributed by atoms with Crippen LogP contribution in [0.3, 0.4) is 0 Å². The average molecular weight is 545 g/mol. The van der Waals surface area contributed by atoms with Gasteiger partial charge in [0.05, 0.1) is 18.7 Å². The number of rotatable bonds is 6. The monoisotopic (exact) mass is 544 g/mol. The molecule has 0 unspecified atom stereocenters. The number of para-hydroxylation sites is 1. The van der Waals surface area contributed by atoms with E-state index in [9.17, 15) is 18.8 Å². The highest BCUT2D eigenvalue weighted by atomic mass is 19.1. The van der Waals surface area contributed by atoms with E-state index in [1.54, 1.807) is 24.3 Å². The molecule has 1 aromatic heterocycles. The Morgan fingerprint density at radius 1 is 1.27 bits per heavy atom. The highest BCUT2D eigenvalue weighted by molar-refractivity contribution is 6.07. The number of benzene rings is 2. The van der Waals surface area contributed by atoms with Gasteiger partial charge in [0, 0.05) is 29.7 Å². The number of nitrogens with zero attached hydrogens (tertiary/aromatic N) is 6. The van der Waals surface area contributed by atoms with Gasteiger partial charge >= 0.3 is 6.17 Å². The van der Waals surface area contributed by atoms with Crippen LogP contribution >= 0.6 is 0 Å². The van der Waals surface area contributed by atoms with E-state index in [0.29, 0.717) is 21.7 Å².